The van der Waals surface area contributed by atoms with E-state index in [9.17, 15) is 9.59 Å². The molecule has 0 fully saturated rings. The van der Waals surface area contributed by atoms with Crippen LogP contribution < -0.4 is 0 Å². The van der Waals surface area contributed by atoms with Crippen molar-refractivity contribution in [2.24, 2.45) is 0 Å². The topological polar surface area (TPSA) is 71.1 Å². The lowest BCUT2D eigenvalue weighted by Crippen LogP contribution is -2.06. The van der Waals surface area contributed by atoms with Crippen LogP contribution in [-0.2, 0) is 28.5 Å². The summed E-state index contributed by atoms with van der Waals surface area (Å²) in [6.45, 7) is 13.1. The van der Waals surface area contributed by atoms with Crippen molar-refractivity contribution in [2.45, 2.75) is 232 Å². The molecule has 0 aliphatic carbocycles. The number of allylic oxidation sites excluding steroid dienone is 2. The first-order valence-corrected chi connectivity index (χ1v) is 23.7. The van der Waals surface area contributed by atoms with Crippen LogP contribution in [0.25, 0.3) is 0 Å². The predicted molar refractivity (Wildman–Crippen MR) is 244 cm³/mol. The molecule has 0 amide bonds. The Balaban J connectivity index is -0.000000845. The van der Waals surface area contributed by atoms with Gasteiger partial charge in [-0.15, -0.1) is 6.58 Å². The third-order valence-corrected chi connectivity index (χ3v) is 9.97. The first-order valence-electron chi connectivity index (χ1n) is 23.7. The Kier molecular flexibility index (Phi) is 59.9. The highest BCUT2D eigenvalue weighted by Crippen LogP contribution is 2.15. The van der Waals surface area contributed by atoms with Crippen molar-refractivity contribution < 1.29 is 28.5 Å². The Bertz CT molecular complexity index is 794. The molecule has 0 atom stereocenters. The second kappa shape index (κ2) is 57.4. The van der Waals surface area contributed by atoms with E-state index in [4.69, 9.17) is 9.47 Å². The van der Waals surface area contributed by atoms with Crippen LogP contribution in [-0.4, -0.2) is 52.6 Å². The number of carbonyl (C=O) groups is 2. The van der Waals surface area contributed by atoms with Crippen molar-refractivity contribution in [3.63, 3.8) is 0 Å². The molecule has 56 heavy (non-hydrogen) atoms. The van der Waals surface area contributed by atoms with Gasteiger partial charge in [0.15, 0.2) is 0 Å². The molecule has 6 heteroatoms. The highest BCUT2D eigenvalue weighted by molar-refractivity contribution is 5.81. The number of esters is 2. The molecule has 6 nitrogen and oxygen atoms in total. The van der Waals surface area contributed by atoms with Crippen LogP contribution in [0.1, 0.15) is 232 Å². The zero-order valence-corrected chi connectivity index (χ0v) is 38.0. The molecule has 0 aromatic rings. The molecule has 0 aliphatic rings. The van der Waals surface area contributed by atoms with Crippen molar-refractivity contribution >= 4 is 11.9 Å². The molecule has 0 radical (unpaired) electrons. The Morgan fingerprint density at radius 1 is 0.393 bits per heavy atom. The molecule has 0 saturated carbocycles. The molecule has 0 aliphatic heterocycles. The van der Waals surface area contributed by atoms with Crippen molar-refractivity contribution in [3.8, 4) is 0 Å². The van der Waals surface area contributed by atoms with Gasteiger partial charge < -0.3 is 18.9 Å². The highest BCUT2D eigenvalue weighted by Gasteiger charge is 1.98. The minimum absolute atomic E-state index is 0.261. The van der Waals surface area contributed by atoms with Gasteiger partial charge in [-0.3, -0.25) is 0 Å². The number of carbonyl (C=O) groups excluding carboxylic acids is 2. The van der Waals surface area contributed by atoms with Gasteiger partial charge in [0.2, 0.25) is 0 Å². The summed E-state index contributed by atoms with van der Waals surface area (Å²) in [4.78, 5) is 21.6. The number of unbranched alkanes of at least 4 members (excludes halogenated alkanes) is 32. The van der Waals surface area contributed by atoms with Crippen LogP contribution in [0.3, 0.4) is 0 Å². The number of ether oxygens (including phenoxy) is 4. The molecule has 0 aromatic heterocycles. The summed E-state index contributed by atoms with van der Waals surface area (Å²) in [6.07, 6.45) is 54.2. The van der Waals surface area contributed by atoms with Gasteiger partial charge in [-0.25, -0.2) is 9.59 Å². The summed E-state index contributed by atoms with van der Waals surface area (Å²) >= 11 is 0. The highest BCUT2D eigenvalue weighted by atomic mass is 16.6. The van der Waals surface area contributed by atoms with E-state index in [1.54, 1.807) is 20.3 Å². The van der Waals surface area contributed by atoms with E-state index in [2.05, 4.69) is 36.5 Å². The van der Waals surface area contributed by atoms with Crippen LogP contribution >= 0.6 is 0 Å². The summed E-state index contributed by atoms with van der Waals surface area (Å²) in [7, 11) is 3.14. The van der Waals surface area contributed by atoms with Gasteiger partial charge in [0, 0.05) is 26.4 Å². The molecular formula is C50H96O6. The molecule has 0 spiro atoms. The molecule has 0 rings (SSSR count). The fourth-order valence-electron chi connectivity index (χ4n) is 6.38. The summed E-state index contributed by atoms with van der Waals surface area (Å²) in [5.41, 5.74) is 0. The van der Waals surface area contributed by atoms with E-state index in [0.717, 1.165) is 12.5 Å². The lowest BCUT2D eigenvalue weighted by Gasteiger charge is -2.03. The second-order valence-electron chi connectivity index (χ2n) is 15.4. The van der Waals surface area contributed by atoms with Crippen LogP contribution in [0, 0.1) is 0 Å². The third-order valence-electron chi connectivity index (χ3n) is 9.97. The molecule has 0 aromatic carbocycles. The molecule has 0 bridgehead atoms. The maximum absolute atomic E-state index is 11.3. The predicted octanol–water partition coefficient (Wildman–Crippen LogP) is 15.6. The van der Waals surface area contributed by atoms with Crippen molar-refractivity contribution in [3.05, 3.63) is 37.5 Å². The lowest BCUT2D eigenvalue weighted by atomic mass is 10.0. The van der Waals surface area contributed by atoms with Gasteiger partial charge in [0.25, 0.3) is 0 Å². The first-order chi connectivity index (χ1) is 27.5. The molecule has 332 valence electrons. The Labute approximate surface area is 349 Å². The van der Waals surface area contributed by atoms with Gasteiger partial charge in [0.1, 0.15) is 13.2 Å². The van der Waals surface area contributed by atoms with Crippen LogP contribution in [0.2, 0.25) is 0 Å². The second-order valence-corrected chi connectivity index (χ2v) is 15.4. The van der Waals surface area contributed by atoms with Gasteiger partial charge in [0.05, 0.1) is 13.2 Å². The van der Waals surface area contributed by atoms with Crippen molar-refractivity contribution in [1.29, 1.82) is 0 Å². The molecule has 0 unspecified atom stereocenters. The fourth-order valence-corrected chi connectivity index (χ4v) is 6.38. The maximum Gasteiger partial charge on any atom is 0.330 e. The number of hydrogen-bond acceptors (Lipinski definition) is 6. The Hall–Kier alpha value is -1.92. The standard InChI is InChI=1S/C24H46O3.C20H40.C6H10O3/c1-3-4-5-6-7-8-9-10-11-12-13-14-15-16-17-18-19-20-21-24(25)27-23-22-26-2;1-3-5-7-9-11-13-15-17-19-20-18-16-14-12-10-8-6-4-2;1-3-6(7)9-5-4-8-2/h20-21H,3-19,22-23H2,1-2H3;3H,1,4-20H2,2H3;3H,1,4-5H2,2H3/b21-20+;;. The smallest absolute Gasteiger partial charge is 0.330 e. The maximum atomic E-state index is 11.3. The summed E-state index contributed by atoms with van der Waals surface area (Å²) in [5, 5.41) is 0. The third kappa shape index (κ3) is 61.3. The van der Waals surface area contributed by atoms with Crippen LogP contribution in [0.5, 0.6) is 0 Å². The Morgan fingerprint density at radius 2 is 0.679 bits per heavy atom. The average Bonchev–Trinajstić information content (AvgIpc) is 3.21. The number of methoxy groups -OCH3 is 2. The van der Waals surface area contributed by atoms with Crippen LogP contribution in [0.4, 0.5) is 0 Å². The molecule has 0 N–H and O–H groups in total. The van der Waals surface area contributed by atoms with E-state index in [1.165, 1.54) is 212 Å². The summed E-state index contributed by atoms with van der Waals surface area (Å²) < 4.78 is 19.0. The van der Waals surface area contributed by atoms with Crippen LogP contribution in [0.15, 0.2) is 37.5 Å². The van der Waals surface area contributed by atoms with Gasteiger partial charge >= 0.3 is 11.9 Å². The van der Waals surface area contributed by atoms with E-state index < -0.39 is 5.97 Å². The zero-order valence-electron chi connectivity index (χ0n) is 38.0. The summed E-state index contributed by atoms with van der Waals surface area (Å²) in [6, 6.07) is 0. The average molecular weight is 793 g/mol. The minimum atomic E-state index is -0.410. The van der Waals surface area contributed by atoms with E-state index in [0.29, 0.717) is 26.4 Å². The Morgan fingerprint density at radius 3 is 0.964 bits per heavy atom. The van der Waals surface area contributed by atoms with E-state index >= 15 is 0 Å². The summed E-state index contributed by atoms with van der Waals surface area (Å²) in [5.74, 6) is -0.671. The van der Waals surface area contributed by atoms with Crippen molar-refractivity contribution in [2.75, 3.05) is 40.6 Å². The fraction of sp³-hybridized carbons (Fsp3) is 0.840. The monoisotopic (exact) mass is 793 g/mol. The molecule has 0 heterocycles. The quantitative estimate of drug-likeness (QED) is 0.0265. The van der Waals surface area contributed by atoms with Gasteiger partial charge in [-0.05, 0) is 25.7 Å². The first kappa shape index (κ1) is 58.4. The lowest BCUT2D eigenvalue weighted by molar-refractivity contribution is -0.139. The number of rotatable bonds is 42. The van der Waals surface area contributed by atoms with E-state index in [1.807, 2.05) is 12.2 Å². The van der Waals surface area contributed by atoms with Crippen molar-refractivity contribution in [1.82, 2.24) is 0 Å². The number of hydrogen-bond donors (Lipinski definition) is 0. The minimum Gasteiger partial charge on any atom is -0.460 e. The normalized spacial score (nSPS) is 10.7. The largest absolute Gasteiger partial charge is 0.460 e. The van der Waals surface area contributed by atoms with Gasteiger partial charge in [-0.1, -0.05) is 225 Å². The zero-order chi connectivity index (χ0) is 41.7. The molecular weight excluding hydrogens is 697 g/mol. The van der Waals surface area contributed by atoms with Gasteiger partial charge in [-0.2, -0.15) is 0 Å². The van der Waals surface area contributed by atoms with E-state index in [-0.39, 0.29) is 5.97 Å². The molecule has 0 saturated heterocycles. The SMILES string of the molecule is C=CC(=O)OCCOC.C=CCCCCCCCCCCCCCCCCCC.CCCCCCCCCCCCCCCCCC/C=C/C(=O)OCCOC.